The maximum absolute atomic E-state index is 13.0. The second-order valence-corrected chi connectivity index (χ2v) is 9.32. The lowest BCUT2D eigenvalue weighted by Crippen LogP contribution is -2.21. The van der Waals surface area contributed by atoms with Crippen molar-refractivity contribution in [2.75, 3.05) is 30.9 Å². The number of hydrogen-bond acceptors (Lipinski definition) is 8. The Morgan fingerprint density at radius 3 is 2.15 bits per heavy atom. The first-order chi connectivity index (χ1) is 18.2. The summed E-state index contributed by atoms with van der Waals surface area (Å²) in [5.41, 5.74) is 0.841. The number of anilines is 2. The molecule has 0 bridgehead atoms. The maximum atomic E-state index is 13.0. The summed E-state index contributed by atoms with van der Waals surface area (Å²) in [6, 6.07) is 15.1. The highest BCUT2D eigenvalue weighted by molar-refractivity contribution is 7.92. The number of nitrogens with zero attached hydrogens (tertiary/aromatic N) is 2. The van der Waals surface area contributed by atoms with E-state index in [-0.39, 0.29) is 27.7 Å². The number of carbonyl (C=O) groups is 2. The standard InChI is InChI=1S/C22H23N3O6S.C2HF3O2/c1-25(14-15-7-5-4-6-8-15)21-18(22(26)27)11-16(13-23-21)24-32(28,29)20-12-17(30-2)9-10-19(20)31-3;3-2(4,5)1(6)7/h4-13,24H,14H2,1-3H3,(H,26,27);(H,6,7). The van der Waals surface area contributed by atoms with Gasteiger partial charge < -0.3 is 24.6 Å². The molecule has 2 aromatic carbocycles. The van der Waals surface area contributed by atoms with Gasteiger partial charge in [-0.05, 0) is 23.8 Å². The number of carboxylic acid groups (broad SMARTS) is 2. The Balaban J connectivity index is 0.000000673. The van der Waals surface area contributed by atoms with Crippen LogP contribution < -0.4 is 19.1 Å². The summed E-state index contributed by atoms with van der Waals surface area (Å²) >= 11 is 0. The molecule has 0 spiro atoms. The Morgan fingerprint density at radius 2 is 1.64 bits per heavy atom. The number of hydrogen-bond donors (Lipinski definition) is 3. The molecule has 0 unspecified atom stereocenters. The Morgan fingerprint density at radius 1 is 1.03 bits per heavy atom. The van der Waals surface area contributed by atoms with Gasteiger partial charge in [0.2, 0.25) is 0 Å². The number of alkyl halides is 3. The number of halogens is 3. The van der Waals surface area contributed by atoms with Crippen LogP contribution >= 0.6 is 0 Å². The number of aromatic nitrogens is 1. The zero-order valence-corrected chi connectivity index (χ0v) is 21.6. The van der Waals surface area contributed by atoms with Gasteiger partial charge in [-0.1, -0.05) is 30.3 Å². The molecule has 15 heteroatoms. The molecule has 0 aliphatic rings. The number of carboxylic acids is 2. The molecule has 3 N–H and O–H groups in total. The van der Waals surface area contributed by atoms with Crippen molar-refractivity contribution in [2.45, 2.75) is 17.6 Å². The van der Waals surface area contributed by atoms with E-state index in [1.165, 1.54) is 38.6 Å². The molecular weight excluding hydrogens is 547 g/mol. The van der Waals surface area contributed by atoms with Crippen LogP contribution in [0.15, 0.2) is 65.7 Å². The first-order valence-corrected chi connectivity index (χ1v) is 12.2. The van der Waals surface area contributed by atoms with Crippen LogP contribution in [-0.2, 0) is 21.4 Å². The summed E-state index contributed by atoms with van der Waals surface area (Å²) in [5.74, 6) is -3.33. The predicted molar refractivity (Wildman–Crippen MR) is 134 cm³/mol. The first kappa shape index (κ1) is 30.7. The van der Waals surface area contributed by atoms with E-state index in [1.807, 2.05) is 30.3 Å². The van der Waals surface area contributed by atoms with Gasteiger partial charge in [-0.3, -0.25) is 4.72 Å². The fourth-order valence-corrected chi connectivity index (χ4v) is 4.33. The average molecular weight is 572 g/mol. The second kappa shape index (κ2) is 12.8. The van der Waals surface area contributed by atoms with Gasteiger partial charge >= 0.3 is 18.1 Å². The molecule has 210 valence electrons. The molecular formula is C24H24F3N3O8S. The van der Waals surface area contributed by atoms with Crippen molar-refractivity contribution < 1.29 is 50.9 Å². The van der Waals surface area contributed by atoms with Gasteiger partial charge in [-0.25, -0.2) is 23.0 Å². The summed E-state index contributed by atoms with van der Waals surface area (Å²) in [5, 5.41) is 16.8. The van der Waals surface area contributed by atoms with E-state index in [0.29, 0.717) is 12.3 Å². The summed E-state index contributed by atoms with van der Waals surface area (Å²) < 4.78 is 70.3. The number of nitrogens with one attached hydrogen (secondary N) is 1. The van der Waals surface area contributed by atoms with E-state index in [2.05, 4.69) is 9.71 Å². The average Bonchev–Trinajstić information content (AvgIpc) is 2.88. The second-order valence-electron chi connectivity index (χ2n) is 7.67. The number of ether oxygens (including phenoxy) is 2. The van der Waals surface area contributed by atoms with Gasteiger partial charge in [-0.2, -0.15) is 13.2 Å². The van der Waals surface area contributed by atoms with Gasteiger partial charge in [0.05, 0.1) is 26.1 Å². The van der Waals surface area contributed by atoms with Crippen molar-refractivity contribution in [3.8, 4) is 11.5 Å². The maximum Gasteiger partial charge on any atom is 0.490 e. The molecule has 0 fully saturated rings. The zero-order valence-electron chi connectivity index (χ0n) is 20.8. The molecule has 1 heterocycles. The molecule has 39 heavy (non-hydrogen) atoms. The van der Waals surface area contributed by atoms with Gasteiger partial charge in [0.25, 0.3) is 10.0 Å². The summed E-state index contributed by atoms with van der Waals surface area (Å²) in [7, 11) is 0.366. The lowest BCUT2D eigenvalue weighted by atomic mass is 10.2. The molecule has 0 saturated carbocycles. The number of methoxy groups -OCH3 is 2. The van der Waals surface area contributed by atoms with E-state index in [0.717, 1.165) is 5.56 Å². The molecule has 0 radical (unpaired) electrons. The van der Waals surface area contributed by atoms with Crippen LogP contribution in [0.3, 0.4) is 0 Å². The zero-order chi connectivity index (χ0) is 29.4. The Hall–Kier alpha value is -4.53. The number of aromatic carboxylic acids is 1. The number of pyridine rings is 1. The van der Waals surface area contributed by atoms with Crippen molar-refractivity contribution in [3.63, 3.8) is 0 Å². The normalized spacial score (nSPS) is 11.0. The minimum absolute atomic E-state index is 0.00383. The number of aliphatic carboxylic acids is 1. The molecule has 0 saturated heterocycles. The molecule has 3 rings (SSSR count). The van der Waals surface area contributed by atoms with Crippen molar-refractivity contribution in [1.29, 1.82) is 0 Å². The minimum Gasteiger partial charge on any atom is -0.497 e. The first-order valence-electron chi connectivity index (χ1n) is 10.7. The molecule has 0 amide bonds. The van der Waals surface area contributed by atoms with E-state index < -0.39 is 28.1 Å². The molecule has 0 atom stereocenters. The third kappa shape index (κ3) is 8.49. The fourth-order valence-electron chi connectivity index (χ4n) is 3.11. The quantitative estimate of drug-likeness (QED) is 0.345. The molecule has 1 aromatic heterocycles. The van der Waals surface area contributed by atoms with Gasteiger partial charge in [0.1, 0.15) is 27.8 Å². The predicted octanol–water partition coefficient (Wildman–Crippen LogP) is 3.87. The van der Waals surface area contributed by atoms with Crippen LogP contribution in [0.25, 0.3) is 0 Å². The van der Waals surface area contributed by atoms with E-state index in [1.54, 1.807) is 18.0 Å². The topological polar surface area (TPSA) is 155 Å². The monoisotopic (exact) mass is 571 g/mol. The Kier molecular flexibility index (Phi) is 10.1. The minimum atomic E-state index is -5.08. The molecule has 11 nitrogen and oxygen atoms in total. The highest BCUT2D eigenvalue weighted by atomic mass is 32.2. The summed E-state index contributed by atoms with van der Waals surface area (Å²) in [6.07, 6.45) is -3.81. The Labute approximate surface area is 221 Å². The van der Waals surface area contributed by atoms with E-state index in [9.17, 15) is 31.5 Å². The lowest BCUT2D eigenvalue weighted by Gasteiger charge is -2.21. The van der Waals surface area contributed by atoms with Crippen molar-refractivity contribution in [2.24, 2.45) is 0 Å². The largest absolute Gasteiger partial charge is 0.497 e. The molecule has 0 aliphatic carbocycles. The van der Waals surface area contributed by atoms with Gasteiger partial charge in [0, 0.05) is 19.7 Å². The van der Waals surface area contributed by atoms with Gasteiger partial charge in [-0.15, -0.1) is 0 Å². The van der Waals surface area contributed by atoms with Crippen molar-refractivity contribution >= 4 is 33.5 Å². The summed E-state index contributed by atoms with van der Waals surface area (Å²) in [6.45, 7) is 0.431. The van der Waals surface area contributed by atoms with Crippen LogP contribution in [0, 0.1) is 0 Å². The highest BCUT2D eigenvalue weighted by Crippen LogP contribution is 2.30. The highest BCUT2D eigenvalue weighted by Gasteiger charge is 2.38. The summed E-state index contributed by atoms with van der Waals surface area (Å²) in [4.78, 5) is 26.5. The third-order valence-electron chi connectivity index (χ3n) is 4.88. The number of rotatable bonds is 9. The van der Waals surface area contributed by atoms with Crippen LogP contribution in [0.5, 0.6) is 11.5 Å². The number of sulfonamides is 1. The smallest absolute Gasteiger partial charge is 0.490 e. The van der Waals surface area contributed by atoms with E-state index >= 15 is 0 Å². The van der Waals surface area contributed by atoms with Crippen LogP contribution in [0.4, 0.5) is 24.7 Å². The molecule has 3 aromatic rings. The fraction of sp³-hybridized carbons (Fsp3) is 0.208. The van der Waals surface area contributed by atoms with Gasteiger partial charge in [0.15, 0.2) is 0 Å². The SMILES string of the molecule is COc1ccc(OC)c(S(=O)(=O)Nc2cnc(N(C)Cc3ccccc3)c(C(=O)O)c2)c1.O=C(O)C(F)(F)F. The van der Waals surface area contributed by atoms with Crippen molar-refractivity contribution in [1.82, 2.24) is 4.98 Å². The third-order valence-corrected chi connectivity index (χ3v) is 6.28. The van der Waals surface area contributed by atoms with Crippen molar-refractivity contribution in [3.05, 3.63) is 71.9 Å². The van der Waals surface area contributed by atoms with Crippen LogP contribution in [0.1, 0.15) is 15.9 Å². The number of benzene rings is 2. The lowest BCUT2D eigenvalue weighted by molar-refractivity contribution is -0.192. The van der Waals surface area contributed by atoms with Crippen LogP contribution in [0.2, 0.25) is 0 Å². The Bertz CT molecular complexity index is 1420. The molecule has 0 aliphatic heterocycles. The van der Waals surface area contributed by atoms with Crippen LogP contribution in [-0.4, -0.2) is 63.0 Å². The van der Waals surface area contributed by atoms with E-state index in [4.69, 9.17) is 19.4 Å².